The molecule has 0 amide bonds. The number of halogens is 1. The van der Waals surface area contributed by atoms with E-state index in [1.165, 1.54) is 38.2 Å². The van der Waals surface area contributed by atoms with Crippen LogP contribution in [0.5, 0.6) is 0 Å². The molecule has 1 aromatic carbocycles. The Morgan fingerprint density at radius 3 is 2.95 bits per heavy atom. The Balaban J connectivity index is 1.65. The van der Waals surface area contributed by atoms with Crippen LogP contribution in [0.1, 0.15) is 40.3 Å². The van der Waals surface area contributed by atoms with E-state index in [1.54, 1.807) is 0 Å². The fourth-order valence-electron chi connectivity index (χ4n) is 3.06. The van der Waals surface area contributed by atoms with E-state index in [4.69, 9.17) is 0 Å². The van der Waals surface area contributed by atoms with Crippen LogP contribution in [0.25, 0.3) is 0 Å². The zero-order valence-corrected chi connectivity index (χ0v) is 14.4. The lowest BCUT2D eigenvalue weighted by atomic mass is 10.1. The fourth-order valence-corrected chi connectivity index (χ4v) is 4.49. The molecular weight excluding hydrogens is 330 g/mol. The molecule has 2 atom stereocenters. The van der Waals surface area contributed by atoms with E-state index in [9.17, 15) is 0 Å². The summed E-state index contributed by atoms with van der Waals surface area (Å²) in [6, 6.07) is 12.2. The van der Waals surface area contributed by atoms with Crippen molar-refractivity contribution in [1.29, 1.82) is 0 Å². The summed E-state index contributed by atoms with van der Waals surface area (Å²) in [6.07, 6.45) is 3.54. The average molecular weight is 350 g/mol. The second kappa shape index (κ2) is 6.00. The van der Waals surface area contributed by atoms with Gasteiger partial charge in [0.2, 0.25) is 0 Å². The van der Waals surface area contributed by atoms with Crippen molar-refractivity contribution in [3.63, 3.8) is 0 Å². The summed E-state index contributed by atoms with van der Waals surface area (Å²) in [5.74, 6) is 0. The second-order valence-electron chi connectivity index (χ2n) is 5.72. The summed E-state index contributed by atoms with van der Waals surface area (Å²) >= 11 is 5.48. The third kappa shape index (κ3) is 3.16. The number of thiophene rings is 1. The quantitative estimate of drug-likeness (QED) is 0.816. The lowest BCUT2D eigenvalue weighted by Crippen LogP contribution is -2.30. The van der Waals surface area contributed by atoms with Gasteiger partial charge >= 0.3 is 0 Å². The molecule has 3 rings (SSSR count). The minimum absolute atomic E-state index is 0.521. The summed E-state index contributed by atoms with van der Waals surface area (Å²) in [4.78, 5) is 2.89. The number of nitrogens with one attached hydrogen (secondary N) is 1. The minimum Gasteiger partial charge on any atom is -0.307 e. The summed E-state index contributed by atoms with van der Waals surface area (Å²) in [7, 11) is 0. The van der Waals surface area contributed by atoms with Gasteiger partial charge in [-0.3, -0.25) is 0 Å². The standard InChI is InChI=1S/C17H20BrNS/c1-11(9-15-6-3-12(2)20-15)19-17-8-4-13-10-14(18)5-7-16(13)17/h3,5-7,10-11,17,19H,4,8-9H2,1-2H3. The predicted octanol–water partition coefficient (Wildman–Crippen LogP) is 5.03. The number of hydrogen-bond acceptors (Lipinski definition) is 2. The smallest absolute Gasteiger partial charge is 0.0328 e. The van der Waals surface area contributed by atoms with Crippen LogP contribution in [0.4, 0.5) is 0 Å². The van der Waals surface area contributed by atoms with Crippen molar-refractivity contribution in [2.75, 3.05) is 0 Å². The molecule has 0 aliphatic heterocycles. The zero-order valence-electron chi connectivity index (χ0n) is 11.9. The summed E-state index contributed by atoms with van der Waals surface area (Å²) in [5.41, 5.74) is 2.98. The topological polar surface area (TPSA) is 12.0 Å². The molecule has 20 heavy (non-hydrogen) atoms. The van der Waals surface area contributed by atoms with E-state index in [1.807, 2.05) is 11.3 Å². The highest BCUT2D eigenvalue weighted by Gasteiger charge is 2.23. The van der Waals surface area contributed by atoms with Gasteiger partial charge in [0.25, 0.3) is 0 Å². The molecule has 1 N–H and O–H groups in total. The molecule has 0 saturated carbocycles. The largest absolute Gasteiger partial charge is 0.307 e. The Kier molecular flexibility index (Phi) is 4.29. The SMILES string of the molecule is Cc1ccc(CC(C)NC2CCc3cc(Br)ccc32)s1. The van der Waals surface area contributed by atoms with Gasteiger partial charge in [0.05, 0.1) is 0 Å². The van der Waals surface area contributed by atoms with Gasteiger partial charge in [-0.15, -0.1) is 11.3 Å². The first kappa shape index (κ1) is 14.3. The van der Waals surface area contributed by atoms with Crippen LogP contribution in [0, 0.1) is 6.92 Å². The highest BCUT2D eigenvalue weighted by Crippen LogP contribution is 2.33. The van der Waals surface area contributed by atoms with Gasteiger partial charge in [-0.05, 0) is 68.5 Å². The first-order valence-corrected chi connectivity index (χ1v) is 8.82. The molecule has 0 bridgehead atoms. The molecule has 0 fully saturated rings. The Hall–Kier alpha value is -0.640. The van der Waals surface area contributed by atoms with Crippen LogP contribution in [0.15, 0.2) is 34.8 Å². The Bertz CT molecular complexity index is 605. The molecule has 0 radical (unpaired) electrons. The highest BCUT2D eigenvalue weighted by molar-refractivity contribution is 9.10. The molecular formula is C17H20BrNS. The number of fused-ring (bicyclic) bond motifs is 1. The van der Waals surface area contributed by atoms with Gasteiger partial charge in [0.1, 0.15) is 0 Å². The van der Waals surface area contributed by atoms with Gasteiger partial charge in [-0.1, -0.05) is 22.0 Å². The molecule has 0 spiro atoms. The maximum Gasteiger partial charge on any atom is 0.0328 e. The maximum absolute atomic E-state index is 3.80. The first-order chi connectivity index (χ1) is 9.61. The summed E-state index contributed by atoms with van der Waals surface area (Å²) < 4.78 is 1.19. The highest BCUT2D eigenvalue weighted by atomic mass is 79.9. The number of aryl methyl sites for hydroxylation is 2. The average Bonchev–Trinajstić information content (AvgIpc) is 2.96. The third-order valence-corrected chi connectivity index (χ3v) is 5.49. The van der Waals surface area contributed by atoms with Gasteiger partial charge in [0.15, 0.2) is 0 Å². The molecule has 2 unspecified atom stereocenters. The molecule has 1 aliphatic rings. The van der Waals surface area contributed by atoms with E-state index in [0.29, 0.717) is 12.1 Å². The van der Waals surface area contributed by atoms with Crippen LogP contribution in [0.3, 0.4) is 0 Å². The van der Waals surface area contributed by atoms with Crippen LogP contribution in [0.2, 0.25) is 0 Å². The zero-order chi connectivity index (χ0) is 14.1. The number of benzene rings is 1. The Labute approximate surface area is 133 Å². The molecule has 1 heterocycles. The van der Waals surface area contributed by atoms with E-state index in [-0.39, 0.29) is 0 Å². The summed E-state index contributed by atoms with van der Waals surface area (Å²) in [6.45, 7) is 4.48. The van der Waals surface area contributed by atoms with Crippen LogP contribution in [-0.4, -0.2) is 6.04 Å². The van der Waals surface area contributed by atoms with Crippen molar-refractivity contribution in [2.45, 2.75) is 45.2 Å². The Morgan fingerprint density at radius 1 is 1.35 bits per heavy atom. The Morgan fingerprint density at radius 2 is 2.20 bits per heavy atom. The van der Waals surface area contributed by atoms with Crippen molar-refractivity contribution >= 4 is 27.3 Å². The fraction of sp³-hybridized carbons (Fsp3) is 0.412. The van der Waals surface area contributed by atoms with Crippen molar-refractivity contribution in [2.24, 2.45) is 0 Å². The van der Waals surface area contributed by atoms with Gasteiger partial charge < -0.3 is 5.32 Å². The molecule has 106 valence electrons. The van der Waals surface area contributed by atoms with Crippen LogP contribution in [-0.2, 0) is 12.8 Å². The lowest BCUT2D eigenvalue weighted by Gasteiger charge is -2.20. The maximum atomic E-state index is 3.80. The van der Waals surface area contributed by atoms with Crippen molar-refractivity contribution in [3.05, 3.63) is 55.7 Å². The molecule has 1 nitrogen and oxygen atoms in total. The molecule has 2 aromatic rings. The van der Waals surface area contributed by atoms with E-state index in [2.05, 4.69) is 65.4 Å². The van der Waals surface area contributed by atoms with Gasteiger partial charge in [-0.2, -0.15) is 0 Å². The third-order valence-electron chi connectivity index (χ3n) is 3.97. The molecule has 0 saturated heterocycles. The number of rotatable bonds is 4. The molecule has 1 aliphatic carbocycles. The van der Waals surface area contributed by atoms with Crippen molar-refractivity contribution < 1.29 is 0 Å². The lowest BCUT2D eigenvalue weighted by molar-refractivity contribution is 0.453. The van der Waals surface area contributed by atoms with Gasteiger partial charge in [0, 0.05) is 26.3 Å². The monoisotopic (exact) mass is 349 g/mol. The van der Waals surface area contributed by atoms with E-state index < -0.39 is 0 Å². The van der Waals surface area contributed by atoms with E-state index >= 15 is 0 Å². The van der Waals surface area contributed by atoms with Crippen LogP contribution < -0.4 is 5.32 Å². The normalized spacial score (nSPS) is 19.1. The molecule has 1 aromatic heterocycles. The second-order valence-corrected chi connectivity index (χ2v) is 8.01. The predicted molar refractivity (Wildman–Crippen MR) is 90.6 cm³/mol. The summed E-state index contributed by atoms with van der Waals surface area (Å²) in [5, 5.41) is 3.80. The first-order valence-electron chi connectivity index (χ1n) is 7.21. The molecule has 3 heteroatoms. The van der Waals surface area contributed by atoms with Crippen molar-refractivity contribution in [3.8, 4) is 0 Å². The minimum atomic E-state index is 0.521. The van der Waals surface area contributed by atoms with Gasteiger partial charge in [-0.25, -0.2) is 0 Å². The van der Waals surface area contributed by atoms with E-state index in [0.717, 1.165) is 6.42 Å². The van der Waals surface area contributed by atoms with Crippen LogP contribution >= 0.6 is 27.3 Å². The number of hydrogen-bond donors (Lipinski definition) is 1. The van der Waals surface area contributed by atoms with Crippen molar-refractivity contribution in [1.82, 2.24) is 5.32 Å².